The molecule has 0 spiro atoms. The van der Waals surface area contributed by atoms with Gasteiger partial charge in [0.15, 0.2) is 5.13 Å². The molecule has 0 fully saturated rings. The molecule has 0 radical (unpaired) electrons. The monoisotopic (exact) mass is 288 g/mol. The number of halogens is 1. The van der Waals surface area contributed by atoms with E-state index in [0.29, 0.717) is 15.7 Å². The Hall–Kier alpha value is -1.11. The van der Waals surface area contributed by atoms with Crippen LogP contribution >= 0.6 is 22.9 Å². The van der Waals surface area contributed by atoms with E-state index in [4.69, 9.17) is 11.6 Å². The van der Waals surface area contributed by atoms with Gasteiger partial charge < -0.3 is 0 Å². The van der Waals surface area contributed by atoms with Gasteiger partial charge in [-0.05, 0) is 24.6 Å². The van der Waals surface area contributed by atoms with E-state index in [2.05, 4.69) is 9.71 Å². The van der Waals surface area contributed by atoms with E-state index in [1.54, 1.807) is 24.4 Å². The predicted octanol–water partition coefficient (Wildman–Crippen LogP) is 2.91. The molecule has 0 amide bonds. The van der Waals surface area contributed by atoms with Crippen LogP contribution in [0.5, 0.6) is 0 Å². The summed E-state index contributed by atoms with van der Waals surface area (Å²) in [5.41, 5.74) is 0.526. The fraction of sp³-hybridized carbons (Fsp3) is 0.100. The Morgan fingerprint density at radius 2 is 2.18 bits per heavy atom. The molecule has 17 heavy (non-hydrogen) atoms. The van der Waals surface area contributed by atoms with Gasteiger partial charge in [-0.25, -0.2) is 13.4 Å². The highest BCUT2D eigenvalue weighted by Gasteiger charge is 2.18. The number of benzene rings is 1. The van der Waals surface area contributed by atoms with Crippen molar-refractivity contribution in [2.45, 2.75) is 11.8 Å². The van der Waals surface area contributed by atoms with E-state index in [-0.39, 0.29) is 4.90 Å². The van der Waals surface area contributed by atoms with Gasteiger partial charge in [0, 0.05) is 16.6 Å². The maximum Gasteiger partial charge on any atom is 0.263 e. The van der Waals surface area contributed by atoms with Gasteiger partial charge in [0.1, 0.15) is 0 Å². The number of anilines is 1. The smallest absolute Gasteiger partial charge is 0.255 e. The summed E-state index contributed by atoms with van der Waals surface area (Å²) in [7, 11) is -3.62. The molecule has 1 heterocycles. The lowest BCUT2D eigenvalue weighted by Gasteiger charge is -2.08. The minimum atomic E-state index is -3.62. The molecule has 0 saturated heterocycles. The Labute approximate surface area is 108 Å². The topological polar surface area (TPSA) is 59.1 Å². The maximum absolute atomic E-state index is 12.1. The van der Waals surface area contributed by atoms with Crippen molar-refractivity contribution in [3.63, 3.8) is 0 Å². The van der Waals surface area contributed by atoms with Crippen LogP contribution in [0.2, 0.25) is 5.02 Å². The van der Waals surface area contributed by atoms with E-state index in [1.165, 1.54) is 23.6 Å². The number of aromatic nitrogens is 1. The third kappa shape index (κ3) is 2.59. The van der Waals surface area contributed by atoms with Gasteiger partial charge in [-0.1, -0.05) is 17.7 Å². The third-order valence-electron chi connectivity index (χ3n) is 2.16. The zero-order valence-corrected chi connectivity index (χ0v) is 11.2. The highest BCUT2D eigenvalue weighted by atomic mass is 35.5. The van der Waals surface area contributed by atoms with Gasteiger partial charge in [0.2, 0.25) is 0 Å². The van der Waals surface area contributed by atoms with E-state index < -0.39 is 10.0 Å². The second kappa shape index (κ2) is 4.64. The number of hydrogen-bond donors (Lipinski definition) is 1. The standard InChI is InChI=1S/C10H9ClN2O2S2/c1-7-8(11)3-2-4-9(7)17(14,15)13-10-12-5-6-16-10/h2-6H,1H3,(H,12,13). The summed E-state index contributed by atoms with van der Waals surface area (Å²) in [6, 6.07) is 4.77. The summed E-state index contributed by atoms with van der Waals surface area (Å²) >= 11 is 7.12. The molecule has 0 aliphatic carbocycles. The molecule has 2 aromatic rings. The predicted molar refractivity (Wildman–Crippen MR) is 69.1 cm³/mol. The molecular formula is C10H9ClN2O2S2. The molecule has 0 aliphatic heterocycles. The van der Waals surface area contributed by atoms with E-state index >= 15 is 0 Å². The lowest BCUT2D eigenvalue weighted by atomic mass is 10.2. The van der Waals surface area contributed by atoms with Gasteiger partial charge in [-0.2, -0.15) is 0 Å². The Balaban J connectivity index is 2.42. The minimum absolute atomic E-state index is 0.167. The molecule has 2 rings (SSSR count). The van der Waals surface area contributed by atoms with Crippen molar-refractivity contribution in [3.8, 4) is 0 Å². The van der Waals surface area contributed by atoms with Crippen LogP contribution in [0.15, 0.2) is 34.7 Å². The molecule has 0 unspecified atom stereocenters. The molecule has 0 aliphatic rings. The number of nitrogens with zero attached hydrogens (tertiary/aromatic N) is 1. The van der Waals surface area contributed by atoms with Crippen LogP contribution in [-0.2, 0) is 10.0 Å². The fourth-order valence-corrected chi connectivity index (χ4v) is 3.61. The number of hydrogen-bond acceptors (Lipinski definition) is 4. The summed E-state index contributed by atoms with van der Waals surface area (Å²) in [5.74, 6) is 0. The zero-order chi connectivity index (χ0) is 12.5. The van der Waals surface area contributed by atoms with Crippen molar-refractivity contribution in [1.29, 1.82) is 0 Å². The second-order valence-electron chi connectivity index (χ2n) is 3.31. The van der Waals surface area contributed by atoms with Crippen molar-refractivity contribution in [3.05, 3.63) is 40.4 Å². The van der Waals surface area contributed by atoms with Gasteiger partial charge in [0.25, 0.3) is 10.0 Å². The van der Waals surface area contributed by atoms with Crippen molar-refractivity contribution < 1.29 is 8.42 Å². The Bertz CT molecular complexity index is 624. The molecule has 1 aromatic heterocycles. The quantitative estimate of drug-likeness (QED) is 0.945. The average Bonchev–Trinajstić information content (AvgIpc) is 2.73. The van der Waals surface area contributed by atoms with Gasteiger partial charge in [0.05, 0.1) is 4.90 Å². The Kier molecular flexibility index (Phi) is 3.37. The molecule has 0 bridgehead atoms. The lowest BCUT2D eigenvalue weighted by molar-refractivity contribution is 0.600. The van der Waals surface area contributed by atoms with Crippen LogP contribution < -0.4 is 4.72 Å². The molecule has 7 heteroatoms. The number of sulfonamides is 1. The lowest BCUT2D eigenvalue weighted by Crippen LogP contribution is -2.14. The first-order valence-corrected chi connectivity index (χ1v) is 7.42. The average molecular weight is 289 g/mol. The van der Waals surface area contributed by atoms with Crippen molar-refractivity contribution in [2.24, 2.45) is 0 Å². The molecule has 1 N–H and O–H groups in total. The summed E-state index contributed by atoms with van der Waals surface area (Å²) in [5, 5.41) is 2.46. The molecule has 0 saturated carbocycles. The van der Waals surface area contributed by atoms with Crippen molar-refractivity contribution in [2.75, 3.05) is 4.72 Å². The first-order valence-electron chi connectivity index (χ1n) is 4.68. The number of rotatable bonds is 3. The normalized spacial score (nSPS) is 11.4. The van der Waals surface area contributed by atoms with Crippen molar-refractivity contribution >= 4 is 38.1 Å². The molecule has 0 atom stereocenters. The van der Waals surface area contributed by atoms with Crippen LogP contribution in [0.25, 0.3) is 0 Å². The molecule has 1 aromatic carbocycles. The summed E-state index contributed by atoms with van der Waals surface area (Å²) in [4.78, 5) is 4.04. The first kappa shape index (κ1) is 12.3. The zero-order valence-electron chi connectivity index (χ0n) is 8.84. The largest absolute Gasteiger partial charge is 0.263 e. The van der Waals surface area contributed by atoms with E-state index in [1.807, 2.05) is 0 Å². The highest BCUT2D eigenvalue weighted by Crippen LogP contribution is 2.25. The van der Waals surface area contributed by atoms with Gasteiger partial charge in [-0.3, -0.25) is 4.72 Å². The first-order chi connectivity index (χ1) is 8.00. The Morgan fingerprint density at radius 3 is 2.82 bits per heavy atom. The molecular weight excluding hydrogens is 280 g/mol. The number of nitrogens with one attached hydrogen (secondary N) is 1. The number of thiazole rings is 1. The van der Waals surface area contributed by atoms with Gasteiger partial charge >= 0.3 is 0 Å². The molecule has 90 valence electrons. The van der Waals surface area contributed by atoms with Crippen molar-refractivity contribution in [1.82, 2.24) is 4.98 Å². The summed E-state index contributed by atoms with van der Waals surface area (Å²) < 4.78 is 26.5. The van der Waals surface area contributed by atoms with E-state index in [9.17, 15) is 8.42 Å². The Morgan fingerprint density at radius 1 is 1.41 bits per heavy atom. The van der Waals surface area contributed by atoms with Crippen LogP contribution in [-0.4, -0.2) is 13.4 Å². The second-order valence-corrected chi connectivity index (χ2v) is 6.26. The van der Waals surface area contributed by atoms with Crippen LogP contribution in [0, 0.1) is 6.92 Å². The van der Waals surface area contributed by atoms with Crippen LogP contribution in [0.3, 0.4) is 0 Å². The van der Waals surface area contributed by atoms with Crippen LogP contribution in [0.4, 0.5) is 5.13 Å². The van der Waals surface area contributed by atoms with Crippen LogP contribution in [0.1, 0.15) is 5.56 Å². The van der Waals surface area contributed by atoms with Gasteiger partial charge in [-0.15, -0.1) is 11.3 Å². The SMILES string of the molecule is Cc1c(Cl)cccc1S(=O)(=O)Nc1nccs1. The third-order valence-corrected chi connectivity index (χ3v) is 4.87. The van der Waals surface area contributed by atoms with E-state index in [0.717, 1.165) is 0 Å². The minimum Gasteiger partial charge on any atom is -0.255 e. The maximum atomic E-state index is 12.1. The molecule has 4 nitrogen and oxygen atoms in total. The summed E-state index contributed by atoms with van der Waals surface area (Å²) in [6.07, 6.45) is 1.54. The summed E-state index contributed by atoms with van der Waals surface area (Å²) in [6.45, 7) is 1.67. The fourth-order valence-electron chi connectivity index (χ4n) is 1.32. The highest BCUT2D eigenvalue weighted by molar-refractivity contribution is 7.93.